The Hall–Kier alpha value is -1.64. The third kappa shape index (κ3) is 1.53. The summed E-state index contributed by atoms with van der Waals surface area (Å²) in [6.45, 7) is 2.38. The summed E-state index contributed by atoms with van der Waals surface area (Å²) >= 11 is 0. The second kappa shape index (κ2) is 3.62. The zero-order chi connectivity index (χ0) is 9.97. The van der Waals surface area contributed by atoms with Gasteiger partial charge in [-0.05, 0) is 18.6 Å². The van der Waals surface area contributed by atoms with E-state index in [-0.39, 0.29) is 5.91 Å². The van der Waals surface area contributed by atoms with Crippen molar-refractivity contribution in [3.05, 3.63) is 36.2 Å². The summed E-state index contributed by atoms with van der Waals surface area (Å²) in [5.74, 6) is 0.0950. The van der Waals surface area contributed by atoms with E-state index in [0.717, 1.165) is 24.2 Å². The van der Waals surface area contributed by atoms with Crippen LogP contribution < -0.4 is 0 Å². The fourth-order valence-corrected chi connectivity index (χ4v) is 1.68. The molecule has 0 unspecified atom stereocenters. The lowest BCUT2D eigenvalue weighted by Gasteiger charge is -2.17. The molecule has 0 fully saturated rings. The van der Waals surface area contributed by atoms with Crippen molar-refractivity contribution in [3.63, 3.8) is 0 Å². The Morgan fingerprint density at radius 1 is 1.57 bits per heavy atom. The molecule has 0 bridgehead atoms. The summed E-state index contributed by atoms with van der Waals surface area (Å²) in [6.07, 6.45) is 6.53. The molecule has 72 valence electrons. The molecule has 3 nitrogen and oxygen atoms in total. The Morgan fingerprint density at radius 2 is 2.43 bits per heavy atom. The maximum atomic E-state index is 11.3. The Balaban J connectivity index is 2.31. The van der Waals surface area contributed by atoms with Crippen LogP contribution in [0, 0.1) is 0 Å². The molecule has 1 aliphatic rings. The fraction of sp³-hybridized carbons (Fsp3) is 0.273. The van der Waals surface area contributed by atoms with Gasteiger partial charge in [0.25, 0.3) is 0 Å². The molecule has 0 N–H and O–H groups in total. The summed E-state index contributed by atoms with van der Waals surface area (Å²) in [4.78, 5) is 17.1. The molecule has 0 aliphatic carbocycles. The maximum absolute atomic E-state index is 11.3. The summed E-state index contributed by atoms with van der Waals surface area (Å²) in [6, 6.07) is 3.85. The van der Waals surface area contributed by atoms with Crippen LogP contribution in [-0.2, 0) is 4.79 Å². The van der Waals surface area contributed by atoms with Crippen molar-refractivity contribution in [1.29, 1.82) is 0 Å². The first-order valence-electron chi connectivity index (χ1n) is 4.67. The normalized spacial score (nSPS) is 15.5. The van der Waals surface area contributed by atoms with Crippen LogP contribution in [0.15, 0.2) is 30.6 Å². The third-order valence-corrected chi connectivity index (χ3v) is 2.32. The first kappa shape index (κ1) is 8.94. The lowest BCUT2D eigenvalue weighted by atomic mass is 10.2. The number of amides is 1. The molecule has 3 heteroatoms. The molecule has 0 radical (unpaired) electrons. The van der Waals surface area contributed by atoms with Gasteiger partial charge >= 0.3 is 0 Å². The van der Waals surface area contributed by atoms with Gasteiger partial charge in [-0.2, -0.15) is 0 Å². The maximum Gasteiger partial charge on any atom is 0.223 e. The van der Waals surface area contributed by atoms with Gasteiger partial charge in [0.1, 0.15) is 0 Å². The number of rotatable bonds is 1. The minimum Gasteiger partial charge on any atom is -0.312 e. The number of hydrogen-bond acceptors (Lipinski definition) is 2. The largest absolute Gasteiger partial charge is 0.312 e. The lowest BCUT2D eigenvalue weighted by molar-refractivity contribution is -0.125. The lowest BCUT2D eigenvalue weighted by Crippen LogP contribution is -2.24. The number of nitrogens with zero attached hydrogens (tertiary/aromatic N) is 2. The minimum absolute atomic E-state index is 0.0950. The van der Waals surface area contributed by atoms with Gasteiger partial charge < -0.3 is 4.90 Å². The van der Waals surface area contributed by atoms with Crippen LogP contribution in [-0.4, -0.2) is 22.3 Å². The van der Waals surface area contributed by atoms with Gasteiger partial charge in [0, 0.05) is 37.1 Å². The van der Waals surface area contributed by atoms with Gasteiger partial charge in [0.05, 0.1) is 0 Å². The van der Waals surface area contributed by atoms with E-state index in [2.05, 4.69) is 11.1 Å². The van der Waals surface area contributed by atoms with Crippen molar-refractivity contribution in [3.8, 4) is 0 Å². The Morgan fingerprint density at radius 3 is 3.07 bits per heavy atom. The highest BCUT2D eigenvalue weighted by molar-refractivity contribution is 5.86. The van der Waals surface area contributed by atoms with E-state index < -0.39 is 0 Å². The van der Waals surface area contributed by atoms with Crippen LogP contribution in [0.3, 0.4) is 0 Å². The molecule has 2 heterocycles. The van der Waals surface area contributed by atoms with E-state index >= 15 is 0 Å². The van der Waals surface area contributed by atoms with Crippen LogP contribution in [0.5, 0.6) is 0 Å². The van der Waals surface area contributed by atoms with Crippen LogP contribution >= 0.6 is 0 Å². The van der Waals surface area contributed by atoms with Gasteiger partial charge in [-0.3, -0.25) is 9.78 Å². The number of pyridine rings is 1. The standard InChI is InChI=1S/C11H12N2O/c1-9(14)13-7-3-5-11(13)10-4-2-6-12-8-10/h2,4-6,8H,3,7H2,1H3. The molecule has 1 amide bonds. The van der Waals surface area contributed by atoms with E-state index in [1.54, 1.807) is 24.2 Å². The number of carbonyl (C=O) groups is 1. The highest BCUT2D eigenvalue weighted by Crippen LogP contribution is 2.24. The fourth-order valence-electron chi connectivity index (χ4n) is 1.68. The van der Waals surface area contributed by atoms with Crippen molar-refractivity contribution < 1.29 is 4.79 Å². The predicted molar refractivity (Wildman–Crippen MR) is 54.2 cm³/mol. The van der Waals surface area contributed by atoms with Crippen molar-refractivity contribution in [2.24, 2.45) is 0 Å². The SMILES string of the molecule is CC(=O)N1CCC=C1c1cccnc1. The molecule has 0 saturated carbocycles. The molecule has 14 heavy (non-hydrogen) atoms. The third-order valence-electron chi connectivity index (χ3n) is 2.32. The second-order valence-corrected chi connectivity index (χ2v) is 3.29. The molecule has 0 aromatic carbocycles. The van der Waals surface area contributed by atoms with Gasteiger partial charge in [-0.25, -0.2) is 0 Å². The summed E-state index contributed by atoms with van der Waals surface area (Å²) in [5, 5.41) is 0. The van der Waals surface area contributed by atoms with E-state index in [1.165, 1.54) is 0 Å². The van der Waals surface area contributed by atoms with Gasteiger partial charge in [-0.1, -0.05) is 6.08 Å². The number of carbonyl (C=O) groups excluding carboxylic acids is 1. The monoisotopic (exact) mass is 188 g/mol. The highest BCUT2D eigenvalue weighted by Gasteiger charge is 2.19. The Bertz CT molecular complexity index is 370. The molecular formula is C11H12N2O. The predicted octanol–water partition coefficient (Wildman–Crippen LogP) is 1.67. The summed E-state index contributed by atoms with van der Waals surface area (Å²) in [5.41, 5.74) is 2.01. The first-order valence-corrected chi connectivity index (χ1v) is 4.67. The zero-order valence-electron chi connectivity index (χ0n) is 8.10. The topological polar surface area (TPSA) is 33.2 Å². The van der Waals surface area contributed by atoms with E-state index in [4.69, 9.17) is 0 Å². The smallest absolute Gasteiger partial charge is 0.223 e. The van der Waals surface area contributed by atoms with Gasteiger partial charge in [0.15, 0.2) is 0 Å². The van der Waals surface area contributed by atoms with Crippen molar-refractivity contribution in [2.75, 3.05) is 6.54 Å². The summed E-state index contributed by atoms with van der Waals surface area (Å²) < 4.78 is 0. The molecule has 0 saturated heterocycles. The van der Waals surface area contributed by atoms with Gasteiger partial charge in [-0.15, -0.1) is 0 Å². The zero-order valence-corrected chi connectivity index (χ0v) is 8.10. The van der Waals surface area contributed by atoms with Crippen molar-refractivity contribution in [1.82, 2.24) is 9.88 Å². The average Bonchev–Trinajstić information content (AvgIpc) is 2.67. The van der Waals surface area contributed by atoms with Crippen LogP contribution in [0.2, 0.25) is 0 Å². The second-order valence-electron chi connectivity index (χ2n) is 3.29. The molecule has 1 aromatic rings. The van der Waals surface area contributed by atoms with Crippen LogP contribution in [0.4, 0.5) is 0 Å². The van der Waals surface area contributed by atoms with Gasteiger partial charge in [0.2, 0.25) is 5.91 Å². The first-order chi connectivity index (χ1) is 6.79. The van der Waals surface area contributed by atoms with E-state index in [0.29, 0.717) is 0 Å². The summed E-state index contributed by atoms with van der Waals surface area (Å²) in [7, 11) is 0. The quantitative estimate of drug-likeness (QED) is 0.671. The van der Waals surface area contributed by atoms with Crippen molar-refractivity contribution >= 4 is 11.6 Å². The van der Waals surface area contributed by atoms with E-state index in [1.807, 2.05) is 12.1 Å². The van der Waals surface area contributed by atoms with Crippen LogP contribution in [0.1, 0.15) is 18.9 Å². The van der Waals surface area contributed by atoms with E-state index in [9.17, 15) is 4.79 Å². The van der Waals surface area contributed by atoms with Crippen molar-refractivity contribution in [2.45, 2.75) is 13.3 Å². The molecule has 2 rings (SSSR count). The van der Waals surface area contributed by atoms with Crippen LogP contribution in [0.25, 0.3) is 5.70 Å². The molecular weight excluding hydrogens is 176 g/mol. The number of hydrogen-bond donors (Lipinski definition) is 0. The Labute approximate surface area is 83.1 Å². The Kier molecular flexibility index (Phi) is 2.31. The molecule has 0 atom stereocenters. The average molecular weight is 188 g/mol. The molecule has 1 aromatic heterocycles. The minimum atomic E-state index is 0.0950. The highest BCUT2D eigenvalue weighted by atomic mass is 16.2. The number of aromatic nitrogens is 1. The molecule has 1 aliphatic heterocycles. The molecule has 0 spiro atoms.